The number of imidazole rings is 1. The van der Waals surface area contributed by atoms with Crippen LogP contribution in [0, 0.1) is 0 Å². The molecule has 8 nitrogen and oxygen atoms in total. The van der Waals surface area contributed by atoms with Crippen LogP contribution in [0.3, 0.4) is 0 Å². The Labute approximate surface area is 142 Å². The Kier molecular flexibility index (Phi) is 5.48. The van der Waals surface area contributed by atoms with Crippen molar-refractivity contribution in [3.63, 3.8) is 0 Å². The van der Waals surface area contributed by atoms with Crippen LogP contribution in [0.4, 0.5) is 0 Å². The smallest absolute Gasteiger partial charge is 0.320 e. The molecule has 0 saturated carbocycles. The van der Waals surface area contributed by atoms with E-state index in [0.29, 0.717) is 41.8 Å². The molecule has 2 aromatic rings. The first-order chi connectivity index (χ1) is 10.9. The van der Waals surface area contributed by atoms with E-state index >= 15 is 0 Å². The Morgan fingerprint density at radius 3 is 2.26 bits per heavy atom. The topological polar surface area (TPSA) is 77.4 Å². The first kappa shape index (κ1) is 17.6. The highest BCUT2D eigenvalue weighted by Gasteiger charge is 2.16. The van der Waals surface area contributed by atoms with Gasteiger partial charge >= 0.3 is 5.69 Å². The lowest BCUT2D eigenvalue weighted by atomic mass is 10.5. The molecule has 0 radical (unpaired) electrons. The zero-order valence-corrected chi connectivity index (χ0v) is 14.7. The third kappa shape index (κ3) is 3.28. The fourth-order valence-electron chi connectivity index (χ4n) is 2.21. The lowest BCUT2D eigenvalue weighted by Crippen LogP contribution is -2.37. The largest absolute Gasteiger partial charge is 0.332 e. The predicted molar refractivity (Wildman–Crippen MR) is 91.8 cm³/mol. The first-order valence-electron chi connectivity index (χ1n) is 6.95. The summed E-state index contributed by atoms with van der Waals surface area (Å²) in [5.41, 5.74) is -0.147. The van der Waals surface area contributed by atoms with Crippen molar-refractivity contribution in [2.24, 2.45) is 26.2 Å². The molecule has 0 aliphatic heterocycles. The van der Waals surface area contributed by atoms with Crippen LogP contribution in [0.1, 0.15) is 5.82 Å². The molecule has 0 atom stereocenters. The number of hydrogen-bond donors (Lipinski definition) is 0. The molecule has 2 heterocycles. The molecule has 2 rings (SSSR count). The normalized spacial score (nSPS) is 11.7. The van der Waals surface area contributed by atoms with Crippen LogP contribution in [0.5, 0.6) is 0 Å². The predicted octanol–water partition coefficient (Wildman–Crippen LogP) is 0.0842. The van der Waals surface area contributed by atoms with Gasteiger partial charge in [-0.25, -0.2) is 9.78 Å². The van der Waals surface area contributed by atoms with Crippen LogP contribution >= 0.6 is 23.2 Å². The van der Waals surface area contributed by atoms with Gasteiger partial charge < -0.3 is 4.57 Å². The summed E-state index contributed by atoms with van der Waals surface area (Å²) in [6.45, 7) is 1.10. The maximum atomic E-state index is 12.3. The van der Waals surface area contributed by atoms with Gasteiger partial charge in [-0.1, -0.05) is 0 Å². The third-order valence-corrected chi connectivity index (χ3v) is 3.87. The van der Waals surface area contributed by atoms with Crippen molar-refractivity contribution in [1.29, 1.82) is 0 Å². The van der Waals surface area contributed by atoms with Crippen molar-refractivity contribution in [2.45, 2.75) is 0 Å². The van der Waals surface area contributed by atoms with Crippen molar-refractivity contribution in [3.05, 3.63) is 26.7 Å². The Hall–Kier alpha value is -1.80. The maximum Gasteiger partial charge on any atom is 0.332 e. The highest BCUT2D eigenvalue weighted by atomic mass is 35.5. The van der Waals surface area contributed by atoms with Gasteiger partial charge in [0.2, 0.25) is 0 Å². The highest BCUT2D eigenvalue weighted by molar-refractivity contribution is 6.18. The SMILES string of the molecule is Cn1c(=O)c2c(nc(C=NN(CCCl)CCCl)n2C)n(C)c1=O. The van der Waals surface area contributed by atoms with Gasteiger partial charge in [-0.3, -0.25) is 18.9 Å². The van der Waals surface area contributed by atoms with Gasteiger partial charge in [0.1, 0.15) is 0 Å². The first-order valence-corrected chi connectivity index (χ1v) is 8.02. The van der Waals surface area contributed by atoms with Crippen molar-refractivity contribution >= 4 is 40.6 Å². The summed E-state index contributed by atoms with van der Waals surface area (Å²) in [6, 6.07) is 0. The molecular formula is C13H18Cl2N6O2. The van der Waals surface area contributed by atoms with Crippen LogP contribution in [-0.2, 0) is 21.1 Å². The van der Waals surface area contributed by atoms with Gasteiger partial charge in [-0.05, 0) is 0 Å². The summed E-state index contributed by atoms with van der Waals surface area (Å²) >= 11 is 11.4. The number of rotatable bonds is 6. The van der Waals surface area contributed by atoms with E-state index in [2.05, 4.69) is 10.1 Å². The second-order valence-corrected chi connectivity index (χ2v) is 5.74. The van der Waals surface area contributed by atoms with E-state index in [1.807, 2.05) is 0 Å². The van der Waals surface area contributed by atoms with Crippen molar-refractivity contribution in [3.8, 4) is 0 Å². The minimum absolute atomic E-state index is 0.322. The van der Waals surface area contributed by atoms with Crippen LogP contribution in [0.2, 0.25) is 0 Å². The van der Waals surface area contributed by atoms with Gasteiger partial charge in [0.15, 0.2) is 17.0 Å². The molecule has 0 aromatic carbocycles. The Balaban J connectivity index is 2.53. The van der Waals surface area contributed by atoms with Crippen LogP contribution in [0.15, 0.2) is 14.7 Å². The number of hydrogen-bond acceptors (Lipinski definition) is 5. The van der Waals surface area contributed by atoms with Crippen LogP contribution in [0.25, 0.3) is 11.2 Å². The standard InChI is InChI=1S/C13H18Cl2N6O2/c1-18-9(8-16-21(6-4-14)7-5-15)17-11-10(18)12(22)20(3)13(23)19(11)2/h8H,4-7H2,1-3H3. The summed E-state index contributed by atoms with van der Waals surface area (Å²) in [7, 11) is 4.72. The van der Waals surface area contributed by atoms with E-state index in [0.717, 1.165) is 4.57 Å². The monoisotopic (exact) mass is 360 g/mol. The Morgan fingerprint density at radius 2 is 1.70 bits per heavy atom. The number of nitrogens with zero attached hydrogens (tertiary/aromatic N) is 6. The second-order valence-electron chi connectivity index (χ2n) is 4.98. The van der Waals surface area contributed by atoms with Crippen LogP contribution < -0.4 is 11.2 Å². The summed E-state index contributed by atoms with van der Waals surface area (Å²) in [6.07, 6.45) is 1.53. The number of fused-ring (bicyclic) bond motifs is 1. The number of aryl methyl sites for hydroxylation is 2. The van der Waals surface area contributed by atoms with E-state index in [-0.39, 0.29) is 0 Å². The summed E-state index contributed by atoms with van der Waals surface area (Å²) in [5, 5.41) is 6.01. The summed E-state index contributed by atoms with van der Waals surface area (Å²) < 4.78 is 4.00. The molecule has 0 unspecified atom stereocenters. The average molecular weight is 361 g/mol. The van der Waals surface area contributed by atoms with E-state index in [9.17, 15) is 9.59 Å². The maximum absolute atomic E-state index is 12.3. The van der Waals surface area contributed by atoms with Crippen molar-refractivity contribution in [1.82, 2.24) is 23.7 Å². The van der Waals surface area contributed by atoms with Gasteiger partial charge in [0.05, 0.1) is 6.21 Å². The van der Waals surface area contributed by atoms with Crippen LogP contribution in [-0.4, -0.2) is 54.8 Å². The highest BCUT2D eigenvalue weighted by Crippen LogP contribution is 2.07. The number of aromatic nitrogens is 4. The van der Waals surface area contributed by atoms with Crippen molar-refractivity contribution < 1.29 is 0 Å². The fourth-order valence-corrected chi connectivity index (χ4v) is 2.60. The van der Waals surface area contributed by atoms with Gasteiger partial charge in [0, 0.05) is 46.0 Å². The molecule has 2 aromatic heterocycles. The fraction of sp³-hybridized carbons (Fsp3) is 0.538. The van der Waals surface area contributed by atoms with E-state index in [1.54, 1.807) is 23.7 Å². The summed E-state index contributed by atoms with van der Waals surface area (Å²) in [4.78, 5) is 28.6. The molecule has 0 aliphatic carbocycles. The molecule has 0 saturated heterocycles. The lowest BCUT2D eigenvalue weighted by molar-refractivity contribution is 0.327. The zero-order valence-electron chi connectivity index (χ0n) is 13.2. The molecule has 0 amide bonds. The summed E-state index contributed by atoms with van der Waals surface area (Å²) in [5.74, 6) is 1.31. The minimum Gasteiger partial charge on any atom is -0.320 e. The molecule has 0 bridgehead atoms. The number of hydrazone groups is 1. The molecule has 0 fully saturated rings. The molecule has 126 valence electrons. The van der Waals surface area contributed by atoms with E-state index in [4.69, 9.17) is 23.2 Å². The Bertz CT molecular complexity index is 845. The third-order valence-electron chi connectivity index (χ3n) is 3.53. The zero-order chi connectivity index (χ0) is 17.1. The van der Waals surface area contributed by atoms with E-state index < -0.39 is 11.2 Å². The van der Waals surface area contributed by atoms with Gasteiger partial charge in [0.25, 0.3) is 5.56 Å². The molecular weight excluding hydrogens is 343 g/mol. The second kappa shape index (κ2) is 7.18. The lowest BCUT2D eigenvalue weighted by Gasteiger charge is -2.15. The number of alkyl halides is 2. The molecule has 10 heteroatoms. The Morgan fingerprint density at radius 1 is 1.09 bits per heavy atom. The molecule has 23 heavy (non-hydrogen) atoms. The van der Waals surface area contributed by atoms with E-state index in [1.165, 1.54) is 17.8 Å². The molecule has 0 N–H and O–H groups in total. The quantitative estimate of drug-likeness (QED) is 0.415. The average Bonchev–Trinajstić information content (AvgIpc) is 2.86. The number of halogens is 2. The van der Waals surface area contributed by atoms with Gasteiger partial charge in [-0.15, -0.1) is 23.2 Å². The molecule has 0 aliphatic rings. The minimum atomic E-state index is -0.421. The van der Waals surface area contributed by atoms with Gasteiger partial charge in [-0.2, -0.15) is 5.10 Å². The van der Waals surface area contributed by atoms with Crippen molar-refractivity contribution in [2.75, 3.05) is 24.8 Å². The molecule has 0 spiro atoms.